The van der Waals surface area contributed by atoms with Crippen LogP contribution in [0.4, 0.5) is 4.79 Å². The van der Waals surface area contributed by atoms with E-state index in [1.807, 2.05) is 41.4 Å². The molecular weight excluding hydrogens is 843 g/mol. The number of carbonyl (C=O) groups excluding carboxylic acids is 4. The number of hydrogen-bond acceptors (Lipinski definition) is 8. The highest BCUT2D eigenvalue weighted by Gasteiger charge is 2.44. The minimum Gasteiger partial charge on any atom is -0.453 e. The number of likely N-dealkylation sites (tertiary alicyclic amines) is 1. The predicted octanol–water partition coefficient (Wildman–Crippen LogP) is 8.92. The van der Waals surface area contributed by atoms with Gasteiger partial charge in [-0.15, -0.1) is 0 Å². The molecule has 6 aromatic rings. The van der Waals surface area contributed by atoms with Crippen LogP contribution in [-0.2, 0) is 36.7 Å². The molecule has 2 saturated carbocycles. The smallest absolute Gasteiger partial charge is 0.407 e. The normalized spacial score (nSPS) is 21.3. The average molecular weight is 900 g/mol. The number of fused-ring (bicyclic) bond motifs is 4. The number of aryl methyl sites for hydroxylation is 2. The molecule has 2 saturated heterocycles. The number of ketones is 1. The van der Waals surface area contributed by atoms with Crippen LogP contribution in [0.15, 0.2) is 91.1 Å². The zero-order valence-electron chi connectivity index (χ0n) is 37.9. The molecule has 3 amide bonds. The fourth-order valence-corrected chi connectivity index (χ4v) is 11.3. The quantitative estimate of drug-likeness (QED) is 0.0944. The molecule has 2 aromatic heterocycles. The first-order chi connectivity index (χ1) is 32.8. The topological polar surface area (TPSA) is 171 Å². The third-order valence-corrected chi connectivity index (χ3v) is 15.1. The Morgan fingerprint density at radius 2 is 1.54 bits per heavy atom. The van der Waals surface area contributed by atoms with Gasteiger partial charge in [0.2, 0.25) is 5.91 Å². The van der Waals surface area contributed by atoms with Crippen molar-refractivity contribution in [2.24, 2.45) is 17.8 Å². The van der Waals surface area contributed by atoms with Crippen LogP contribution in [0.25, 0.3) is 44.4 Å². The molecule has 4 aromatic carbocycles. The molecular formula is C54H57N7O6. The van der Waals surface area contributed by atoms with Crippen molar-refractivity contribution < 1.29 is 28.7 Å². The Hall–Kier alpha value is -6.60. The third kappa shape index (κ3) is 8.54. The minimum atomic E-state index is -0.877. The van der Waals surface area contributed by atoms with Crippen molar-refractivity contribution in [1.29, 1.82) is 0 Å². The highest BCUT2D eigenvalue weighted by atomic mass is 16.5. The van der Waals surface area contributed by atoms with Crippen LogP contribution in [0, 0.1) is 17.8 Å². The van der Waals surface area contributed by atoms with Crippen molar-refractivity contribution in [1.82, 2.24) is 35.5 Å². The number of rotatable bonds is 12. The Balaban J connectivity index is 0.788. The maximum absolute atomic E-state index is 14.4. The van der Waals surface area contributed by atoms with Crippen LogP contribution in [0.1, 0.15) is 104 Å². The lowest BCUT2D eigenvalue weighted by Gasteiger charge is -2.32. The van der Waals surface area contributed by atoms with Crippen molar-refractivity contribution in [2.45, 2.75) is 94.7 Å². The Morgan fingerprint density at radius 3 is 2.33 bits per heavy atom. The second kappa shape index (κ2) is 18.2. The summed E-state index contributed by atoms with van der Waals surface area (Å²) in [6.07, 6.45) is 10.6. The summed E-state index contributed by atoms with van der Waals surface area (Å²) < 4.78 is 10.5. The van der Waals surface area contributed by atoms with Crippen LogP contribution >= 0.6 is 0 Å². The van der Waals surface area contributed by atoms with Crippen molar-refractivity contribution in [3.8, 4) is 33.6 Å². The number of benzene rings is 4. The maximum Gasteiger partial charge on any atom is 0.407 e. The molecule has 0 bridgehead atoms. The Morgan fingerprint density at radius 1 is 0.776 bits per heavy atom. The summed E-state index contributed by atoms with van der Waals surface area (Å²) in [5.41, 5.74) is 9.45. The van der Waals surface area contributed by atoms with E-state index in [0.29, 0.717) is 25.3 Å². The Labute approximate surface area is 389 Å². The summed E-state index contributed by atoms with van der Waals surface area (Å²) in [5.74, 6) is 1.66. The Kier molecular flexibility index (Phi) is 11.7. The molecule has 0 spiro atoms. The molecule has 1 unspecified atom stereocenters. The first kappa shape index (κ1) is 43.0. The molecule has 4 fully saturated rings. The van der Waals surface area contributed by atoms with E-state index in [1.54, 1.807) is 0 Å². The number of nitrogens with one attached hydrogen (secondary N) is 4. The van der Waals surface area contributed by atoms with Gasteiger partial charge in [-0.05, 0) is 115 Å². The van der Waals surface area contributed by atoms with E-state index in [2.05, 4.69) is 75.2 Å². The van der Waals surface area contributed by atoms with Gasteiger partial charge < -0.3 is 35.0 Å². The maximum atomic E-state index is 14.4. The number of hydrogen-bond donors (Lipinski definition) is 4. The number of H-pyrrole nitrogens is 2. The molecule has 13 heteroatoms. The highest BCUT2D eigenvalue weighted by molar-refractivity contribution is 5.93. The fraction of sp³-hybridized carbons (Fsp3) is 0.407. The van der Waals surface area contributed by atoms with Gasteiger partial charge in [0.1, 0.15) is 17.7 Å². The van der Waals surface area contributed by atoms with Crippen LogP contribution in [0.5, 0.6) is 0 Å². The second-order valence-electron chi connectivity index (χ2n) is 19.2. The van der Waals surface area contributed by atoms with Gasteiger partial charge in [-0.3, -0.25) is 14.4 Å². The van der Waals surface area contributed by atoms with Crippen molar-refractivity contribution in [3.05, 3.63) is 120 Å². The molecule has 5 atom stereocenters. The van der Waals surface area contributed by atoms with Crippen molar-refractivity contribution in [2.75, 3.05) is 26.9 Å². The second-order valence-corrected chi connectivity index (χ2v) is 19.2. The van der Waals surface area contributed by atoms with Gasteiger partial charge in [-0.1, -0.05) is 79.2 Å². The molecule has 4 N–H and O–H groups in total. The largest absolute Gasteiger partial charge is 0.453 e. The van der Waals surface area contributed by atoms with E-state index in [9.17, 15) is 19.2 Å². The number of alkyl carbamates (subject to hydrolysis) is 1. The number of amides is 3. The van der Waals surface area contributed by atoms with E-state index >= 15 is 0 Å². The number of nitrogens with zero attached hydrogens (tertiary/aromatic N) is 3. The minimum absolute atomic E-state index is 0.0132. The number of ether oxygens (including phenoxy) is 2. The fourth-order valence-electron chi connectivity index (χ4n) is 11.3. The summed E-state index contributed by atoms with van der Waals surface area (Å²) in [6, 6.07) is 27.4. The summed E-state index contributed by atoms with van der Waals surface area (Å²) in [4.78, 5) is 72.7. The number of Topliss-reactive ketones (excluding diaryl/α,β-unsaturated/α-hetero) is 1. The van der Waals surface area contributed by atoms with E-state index in [1.165, 1.54) is 18.2 Å². The van der Waals surface area contributed by atoms with Crippen LogP contribution in [-0.4, -0.2) is 81.4 Å². The lowest BCUT2D eigenvalue weighted by Crippen LogP contribution is -2.50. The molecule has 5 aliphatic rings. The van der Waals surface area contributed by atoms with E-state index < -0.39 is 18.2 Å². The van der Waals surface area contributed by atoms with Crippen LogP contribution < -0.4 is 10.6 Å². The van der Waals surface area contributed by atoms with Gasteiger partial charge >= 0.3 is 6.09 Å². The van der Waals surface area contributed by atoms with Gasteiger partial charge in [-0.2, -0.15) is 0 Å². The van der Waals surface area contributed by atoms with Crippen molar-refractivity contribution >= 4 is 34.5 Å². The first-order valence-corrected chi connectivity index (χ1v) is 24.2. The number of methoxy groups -OCH3 is 1. The standard InChI is InChI=1S/C54H57N7O6/c1-66-54(65)60-47(31-7-3-2-4-8-31)53(64)61-24-6-11-45(61)51-55-30-44(57-51)39-17-16-35-27-34(14-15-36(35)29-39)37-18-20-40-38(28-37)19-21-43-48(40)58-50(56-43)42-10-5-9-41(42)49(62)46(32-22-25-67-26-23-32)59-52(63)33-12-13-33/h2-4,7-8,14-18,20,27-30,32-33,41-42,45-47H,5-6,9-13,19,21-26H2,1H3,(H,55,57)(H,56,58)(H,59,63)(H,60,65)/t41?,42-,45+,46+,47-/m1/s1. The van der Waals surface area contributed by atoms with Crippen LogP contribution in [0.2, 0.25) is 0 Å². The van der Waals surface area contributed by atoms with E-state index in [-0.39, 0.29) is 47.3 Å². The van der Waals surface area contributed by atoms with Gasteiger partial charge in [0.05, 0.1) is 42.5 Å². The zero-order chi connectivity index (χ0) is 45.6. The van der Waals surface area contributed by atoms with Crippen LogP contribution in [0.3, 0.4) is 0 Å². The monoisotopic (exact) mass is 899 g/mol. The number of imidazole rings is 2. The molecule has 2 aliphatic heterocycles. The number of aromatic nitrogens is 4. The predicted molar refractivity (Wildman–Crippen MR) is 254 cm³/mol. The van der Waals surface area contributed by atoms with E-state index in [0.717, 1.165) is 127 Å². The molecule has 11 rings (SSSR count). The highest BCUT2D eigenvalue weighted by Crippen LogP contribution is 2.44. The molecule has 13 nitrogen and oxygen atoms in total. The summed E-state index contributed by atoms with van der Waals surface area (Å²) in [5, 5.41) is 8.19. The zero-order valence-corrected chi connectivity index (χ0v) is 37.9. The summed E-state index contributed by atoms with van der Waals surface area (Å²) in [6.45, 7) is 1.83. The lowest BCUT2D eigenvalue weighted by atomic mass is 9.80. The van der Waals surface area contributed by atoms with E-state index in [4.69, 9.17) is 19.4 Å². The van der Waals surface area contributed by atoms with Gasteiger partial charge in [0, 0.05) is 48.6 Å². The first-order valence-electron chi connectivity index (χ1n) is 24.2. The molecule has 344 valence electrons. The lowest BCUT2D eigenvalue weighted by molar-refractivity contribution is -0.134. The molecule has 4 heterocycles. The van der Waals surface area contributed by atoms with Gasteiger partial charge in [-0.25, -0.2) is 14.8 Å². The molecule has 3 aliphatic carbocycles. The molecule has 0 radical (unpaired) electrons. The number of aromatic amines is 2. The number of carbonyl (C=O) groups is 4. The van der Waals surface area contributed by atoms with Gasteiger partial charge in [0.25, 0.3) is 5.91 Å². The summed E-state index contributed by atoms with van der Waals surface area (Å²) in [7, 11) is 1.29. The Bertz CT molecular complexity index is 2840. The SMILES string of the molecule is COC(=O)N[C@@H](C(=O)N1CCC[C@H]1c1ncc(-c2ccc3cc(-c4ccc5c(c4)CCc4nc([C@@H]6CCCC6C(=O)[C@@H](NC(=O)C6CC6)C6CCOCC6)[nH]c4-5)ccc3c2)[nH]1)c1ccccc1. The van der Waals surface area contributed by atoms with Gasteiger partial charge in [0.15, 0.2) is 5.78 Å². The molecule has 67 heavy (non-hydrogen) atoms. The third-order valence-electron chi connectivity index (χ3n) is 15.1. The average Bonchev–Trinajstić information content (AvgIpc) is 3.78. The van der Waals surface area contributed by atoms with Crippen molar-refractivity contribution in [3.63, 3.8) is 0 Å². The summed E-state index contributed by atoms with van der Waals surface area (Å²) >= 11 is 0.